The molecule has 29 heavy (non-hydrogen) atoms. The summed E-state index contributed by atoms with van der Waals surface area (Å²) in [5.74, 6) is -3.17. The predicted octanol–water partition coefficient (Wildman–Crippen LogP) is 5.18. The highest BCUT2D eigenvalue weighted by molar-refractivity contribution is 5.92. The standard InChI is InChI=1S/C23H31F3O3/c1-14-4-5-15-12-16(28)6-11-22(15,3)17(14)7-9-21(2)10-8-18(23(24,25)26)20(21)19(29)13-27/h7,12,14,18,20,27H,4-6,8-11,13H2,1-3H3/b17-7+/t14?,18-,20+,21-,22-/m0/s1. The SMILES string of the molecule is CC1CCC2=CC(=O)CC[C@]2(C)/C1=C/C[C@@]1(C)CC[C@H](C(F)(F)F)[C@@H]1C(=O)CO. The molecule has 2 saturated carbocycles. The molecule has 3 rings (SSSR count). The molecule has 0 aromatic heterocycles. The fourth-order valence-corrected chi connectivity index (χ4v) is 6.06. The van der Waals surface area contributed by atoms with Gasteiger partial charge < -0.3 is 5.11 Å². The van der Waals surface area contributed by atoms with Crippen molar-refractivity contribution in [2.45, 2.75) is 71.9 Å². The van der Waals surface area contributed by atoms with Gasteiger partial charge in [0.05, 0.1) is 5.92 Å². The van der Waals surface area contributed by atoms with E-state index in [0.29, 0.717) is 25.2 Å². The molecule has 0 radical (unpaired) electrons. The van der Waals surface area contributed by atoms with Crippen LogP contribution in [0.5, 0.6) is 0 Å². The number of alkyl halides is 3. The van der Waals surface area contributed by atoms with Crippen molar-refractivity contribution in [2.75, 3.05) is 6.61 Å². The van der Waals surface area contributed by atoms with Crippen LogP contribution >= 0.6 is 0 Å². The van der Waals surface area contributed by atoms with E-state index in [1.54, 1.807) is 13.0 Å². The first-order chi connectivity index (χ1) is 13.4. The van der Waals surface area contributed by atoms with Gasteiger partial charge in [-0.25, -0.2) is 0 Å². The van der Waals surface area contributed by atoms with E-state index in [0.717, 1.165) is 24.8 Å². The number of carbonyl (C=O) groups excluding carboxylic acids is 2. The quantitative estimate of drug-likeness (QED) is 0.647. The number of aliphatic hydroxyl groups excluding tert-OH is 1. The van der Waals surface area contributed by atoms with Crippen LogP contribution in [0.15, 0.2) is 23.3 Å². The summed E-state index contributed by atoms with van der Waals surface area (Å²) in [6, 6.07) is 0. The number of Topliss-reactive ketones (excluding diaryl/α,β-unsaturated/α-hetero) is 1. The number of ketones is 2. The Morgan fingerprint density at radius 3 is 2.55 bits per heavy atom. The third-order valence-corrected chi connectivity index (χ3v) is 7.82. The van der Waals surface area contributed by atoms with E-state index in [2.05, 4.69) is 19.9 Å². The Bertz CT molecular complexity index is 751. The van der Waals surface area contributed by atoms with Gasteiger partial charge in [-0.3, -0.25) is 9.59 Å². The molecule has 3 nitrogen and oxygen atoms in total. The Balaban J connectivity index is 1.93. The fourth-order valence-electron chi connectivity index (χ4n) is 6.06. The first-order valence-corrected chi connectivity index (χ1v) is 10.6. The molecular formula is C23H31F3O3. The molecule has 0 saturated heterocycles. The van der Waals surface area contributed by atoms with E-state index in [4.69, 9.17) is 0 Å². The molecule has 0 heterocycles. The second-order valence-corrected chi connectivity index (χ2v) is 9.71. The van der Waals surface area contributed by atoms with Crippen molar-refractivity contribution in [1.29, 1.82) is 0 Å². The zero-order valence-corrected chi connectivity index (χ0v) is 17.4. The second-order valence-electron chi connectivity index (χ2n) is 9.71. The first-order valence-electron chi connectivity index (χ1n) is 10.6. The number of allylic oxidation sites excluding steroid dienone is 4. The summed E-state index contributed by atoms with van der Waals surface area (Å²) < 4.78 is 40.6. The van der Waals surface area contributed by atoms with Crippen molar-refractivity contribution in [3.8, 4) is 0 Å². The molecule has 0 aromatic rings. The molecule has 0 aliphatic heterocycles. The highest BCUT2D eigenvalue weighted by Gasteiger charge is 2.57. The number of halogens is 3. The third-order valence-electron chi connectivity index (χ3n) is 7.82. The van der Waals surface area contributed by atoms with Gasteiger partial charge in [0.1, 0.15) is 6.61 Å². The number of aliphatic hydroxyl groups is 1. The maximum Gasteiger partial charge on any atom is 0.392 e. The van der Waals surface area contributed by atoms with E-state index >= 15 is 0 Å². The van der Waals surface area contributed by atoms with E-state index in [1.807, 2.05) is 0 Å². The van der Waals surface area contributed by atoms with Crippen LogP contribution in [0.2, 0.25) is 0 Å². The van der Waals surface area contributed by atoms with Gasteiger partial charge in [-0.1, -0.05) is 38.0 Å². The largest absolute Gasteiger partial charge is 0.392 e. The van der Waals surface area contributed by atoms with Crippen molar-refractivity contribution >= 4 is 11.6 Å². The van der Waals surface area contributed by atoms with E-state index in [9.17, 15) is 27.9 Å². The Morgan fingerprint density at radius 1 is 1.24 bits per heavy atom. The van der Waals surface area contributed by atoms with Gasteiger partial charge >= 0.3 is 6.18 Å². The first kappa shape index (κ1) is 22.3. The zero-order valence-electron chi connectivity index (χ0n) is 17.4. The van der Waals surface area contributed by atoms with Crippen molar-refractivity contribution in [1.82, 2.24) is 0 Å². The van der Waals surface area contributed by atoms with Gasteiger partial charge in [0, 0.05) is 17.8 Å². The minimum absolute atomic E-state index is 0.0773. The van der Waals surface area contributed by atoms with Crippen molar-refractivity contribution in [3.63, 3.8) is 0 Å². The lowest BCUT2D eigenvalue weighted by atomic mass is 9.59. The Kier molecular flexibility index (Phi) is 5.89. The predicted molar refractivity (Wildman–Crippen MR) is 104 cm³/mol. The van der Waals surface area contributed by atoms with Crippen LogP contribution in [-0.4, -0.2) is 29.5 Å². The average Bonchev–Trinajstić information content (AvgIpc) is 2.99. The molecule has 6 heteroatoms. The van der Waals surface area contributed by atoms with Crippen LogP contribution in [0, 0.1) is 28.6 Å². The molecule has 1 N–H and O–H groups in total. The highest BCUT2D eigenvalue weighted by Crippen LogP contribution is 2.57. The molecule has 1 unspecified atom stereocenters. The van der Waals surface area contributed by atoms with Crippen LogP contribution in [-0.2, 0) is 9.59 Å². The lowest BCUT2D eigenvalue weighted by molar-refractivity contribution is -0.191. The average molecular weight is 412 g/mol. The molecule has 0 spiro atoms. The number of rotatable bonds is 4. The minimum Gasteiger partial charge on any atom is -0.389 e. The van der Waals surface area contributed by atoms with Crippen molar-refractivity contribution in [2.24, 2.45) is 28.6 Å². The van der Waals surface area contributed by atoms with Crippen LogP contribution in [0.3, 0.4) is 0 Å². The zero-order chi connectivity index (χ0) is 21.6. The fraction of sp³-hybridized carbons (Fsp3) is 0.739. The lowest BCUT2D eigenvalue weighted by Gasteiger charge is -2.45. The van der Waals surface area contributed by atoms with Crippen LogP contribution < -0.4 is 0 Å². The Hall–Kier alpha value is -1.43. The topological polar surface area (TPSA) is 54.4 Å². The Morgan fingerprint density at radius 2 is 1.93 bits per heavy atom. The monoisotopic (exact) mass is 412 g/mol. The van der Waals surface area contributed by atoms with Gasteiger partial charge in [0.2, 0.25) is 0 Å². The third kappa shape index (κ3) is 3.97. The summed E-state index contributed by atoms with van der Waals surface area (Å²) in [6.45, 7) is 5.17. The lowest BCUT2D eigenvalue weighted by Crippen LogP contribution is -2.40. The molecular weight excluding hydrogens is 381 g/mol. The van der Waals surface area contributed by atoms with Gasteiger partial charge in [-0.05, 0) is 55.9 Å². The minimum atomic E-state index is -4.44. The molecule has 3 aliphatic rings. The van der Waals surface area contributed by atoms with E-state index in [1.165, 1.54) is 5.57 Å². The molecule has 0 amide bonds. The van der Waals surface area contributed by atoms with E-state index < -0.39 is 35.8 Å². The van der Waals surface area contributed by atoms with Gasteiger partial charge in [-0.2, -0.15) is 13.2 Å². The number of carbonyl (C=O) groups is 2. The number of fused-ring (bicyclic) bond motifs is 1. The molecule has 0 aromatic carbocycles. The normalized spacial score (nSPS) is 39.4. The van der Waals surface area contributed by atoms with Crippen LogP contribution in [0.1, 0.15) is 65.7 Å². The highest BCUT2D eigenvalue weighted by atomic mass is 19.4. The number of hydrogen-bond donors (Lipinski definition) is 1. The summed E-state index contributed by atoms with van der Waals surface area (Å²) in [5, 5.41) is 9.32. The molecule has 0 bridgehead atoms. The molecule has 2 fully saturated rings. The van der Waals surface area contributed by atoms with Gasteiger partial charge in [0.15, 0.2) is 11.6 Å². The van der Waals surface area contributed by atoms with Crippen molar-refractivity contribution < 1.29 is 27.9 Å². The molecule has 3 aliphatic carbocycles. The summed E-state index contributed by atoms with van der Waals surface area (Å²) >= 11 is 0. The summed E-state index contributed by atoms with van der Waals surface area (Å²) in [4.78, 5) is 24.2. The summed E-state index contributed by atoms with van der Waals surface area (Å²) in [5.41, 5.74) is 1.27. The van der Waals surface area contributed by atoms with Gasteiger partial charge in [0.25, 0.3) is 0 Å². The smallest absolute Gasteiger partial charge is 0.389 e. The van der Waals surface area contributed by atoms with Gasteiger partial charge in [-0.15, -0.1) is 0 Å². The second kappa shape index (κ2) is 7.68. The molecule has 5 atom stereocenters. The number of hydrogen-bond acceptors (Lipinski definition) is 3. The summed E-state index contributed by atoms with van der Waals surface area (Å²) in [7, 11) is 0. The summed E-state index contributed by atoms with van der Waals surface area (Å²) in [6.07, 6.45) is 3.01. The maximum atomic E-state index is 13.5. The van der Waals surface area contributed by atoms with Crippen LogP contribution in [0.4, 0.5) is 13.2 Å². The Labute approximate surface area is 170 Å². The molecule has 162 valence electrons. The maximum absolute atomic E-state index is 13.5. The van der Waals surface area contributed by atoms with Crippen LogP contribution in [0.25, 0.3) is 0 Å². The van der Waals surface area contributed by atoms with Crippen molar-refractivity contribution in [3.05, 3.63) is 23.3 Å². The van der Waals surface area contributed by atoms with E-state index in [-0.39, 0.29) is 17.6 Å².